The van der Waals surface area contributed by atoms with Gasteiger partial charge < -0.3 is 20.6 Å². The van der Waals surface area contributed by atoms with Gasteiger partial charge in [0.25, 0.3) is 0 Å². The van der Waals surface area contributed by atoms with E-state index < -0.39 is 0 Å². The first-order valence-corrected chi connectivity index (χ1v) is 6.40. The lowest BCUT2D eigenvalue weighted by atomic mass is 10.2. The van der Waals surface area contributed by atoms with Crippen LogP contribution in [0, 0.1) is 0 Å². The van der Waals surface area contributed by atoms with Crippen molar-refractivity contribution in [2.75, 3.05) is 43.9 Å². The van der Waals surface area contributed by atoms with E-state index in [4.69, 9.17) is 5.11 Å². The van der Waals surface area contributed by atoms with Crippen molar-refractivity contribution in [3.63, 3.8) is 0 Å². The Hall–Kier alpha value is -1.40. The van der Waals surface area contributed by atoms with Crippen molar-refractivity contribution in [2.24, 2.45) is 0 Å². The maximum Gasteiger partial charge on any atom is 0.131 e. The van der Waals surface area contributed by atoms with Crippen LogP contribution in [0.15, 0.2) is 12.4 Å². The van der Waals surface area contributed by atoms with Crippen molar-refractivity contribution in [3.05, 3.63) is 12.4 Å². The molecular weight excluding hydrogens is 230 g/mol. The van der Waals surface area contributed by atoms with Gasteiger partial charge in [-0.25, -0.2) is 9.97 Å². The zero-order valence-electron chi connectivity index (χ0n) is 10.8. The average Bonchev–Trinajstić information content (AvgIpc) is 2.76. The van der Waals surface area contributed by atoms with E-state index in [-0.39, 0.29) is 6.61 Å². The minimum absolute atomic E-state index is 0.192. The number of hydrogen-bond acceptors (Lipinski definition) is 6. The molecule has 0 amide bonds. The van der Waals surface area contributed by atoms with E-state index in [9.17, 15) is 0 Å². The summed E-state index contributed by atoms with van der Waals surface area (Å²) in [6, 6.07) is 2.38. The number of aromatic nitrogens is 2. The number of hydrogen-bond donors (Lipinski definition) is 3. The molecule has 100 valence electrons. The predicted molar refractivity (Wildman–Crippen MR) is 71.7 cm³/mol. The maximum atomic E-state index is 8.72. The molecule has 0 saturated carbocycles. The summed E-state index contributed by atoms with van der Waals surface area (Å²) in [4.78, 5) is 10.7. The molecule has 1 atom stereocenters. The molecule has 0 radical (unpaired) electrons. The molecule has 1 fully saturated rings. The fraction of sp³-hybridized carbons (Fsp3) is 0.667. The van der Waals surface area contributed by atoms with E-state index in [1.807, 2.05) is 6.07 Å². The van der Waals surface area contributed by atoms with Crippen LogP contribution in [0.5, 0.6) is 0 Å². The van der Waals surface area contributed by atoms with Crippen molar-refractivity contribution in [1.82, 2.24) is 14.9 Å². The highest BCUT2D eigenvalue weighted by Gasteiger charge is 2.19. The van der Waals surface area contributed by atoms with Gasteiger partial charge in [-0.3, -0.25) is 0 Å². The van der Waals surface area contributed by atoms with E-state index in [1.54, 1.807) is 6.33 Å². The van der Waals surface area contributed by atoms with Crippen LogP contribution >= 0.6 is 0 Å². The van der Waals surface area contributed by atoms with Gasteiger partial charge in [0.15, 0.2) is 0 Å². The lowest BCUT2D eigenvalue weighted by Crippen LogP contribution is -2.24. The summed E-state index contributed by atoms with van der Waals surface area (Å²) >= 11 is 0. The molecule has 1 saturated heterocycles. The monoisotopic (exact) mass is 251 g/mol. The van der Waals surface area contributed by atoms with E-state index >= 15 is 0 Å². The number of anilines is 2. The van der Waals surface area contributed by atoms with Gasteiger partial charge in [0.05, 0.1) is 0 Å². The summed E-state index contributed by atoms with van der Waals surface area (Å²) in [7, 11) is 2.13. The number of rotatable bonds is 6. The highest BCUT2D eigenvalue weighted by Crippen LogP contribution is 2.14. The Kier molecular flexibility index (Phi) is 4.72. The number of aliphatic hydroxyl groups is 1. The van der Waals surface area contributed by atoms with Crippen LogP contribution in [0.25, 0.3) is 0 Å². The lowest BCUT2D eigenvalue weighted by Gasteiger charge is -2.14. The third-order valence-electron chi connectivity index (χ3n) is 3.05. The molecular formula is C12H21N5O. The summed E-state index contributed by atoms with van der Waals surface area (Å²) in [5.41, 5.74) is 0. The number of aliphatic hydroxyl groups excluding tert-OH is 1. The van der Waals surface area contributed by atoms with Crippen molar-refractivity contribution in [3.8, 4) is 0 Å². The van der Waals surface area contributed by atoms with Gasteiger partial charge in [-0.1, -0.05) is 0 Å². The van der Waals surface area contributed by atoms with E-state index in [1.165, 1.54) is 0 Å². The first kappa shape index (κ1) is 13.0. The molecule has 2 heterocycles. The number of likely N-dealkylation sites (N-methyl/N-ethyl adjacent to an activating group) is 1. The molecule has 0 aromatic carbocycles. The molecule has 1 aromatic heterocycles. The second-order valence-corrected chi connectivity index (χ2v) is 4.68. The SMILES string of the molecule is CN1CCC(Nc2cc(NCCCO)ncn2)C1. The Morgan fingerprint density at radius 2 is 2.28 bits per heavy atom. The van der Waals surface area contributed by atoms with E-state index in [0.717, 1.165) is 44.1 Å². The Bertz CT molecular complexity index is 373. The van der Waals surface area contributed by atoms with Crippen LogP contribution in [-0.2, 0) is 0 Å². The third kappa shape index (κ3) is 3.82. The number of nitrogens with one attached hydrogen (secondary N) is 2. The Labute approximate surface area is 107 Å². The molecule has 1 aromatic rings. The molecule has 6 nitrogen and oxygen atoms in total. The highest BCUT2D eigenvalue weighted by atomic mass is 16.3. The zero-order chi connectivity index (χ0) is 12.8. The number of nitrogens with zero attached hydrogens (tertiary/aromatic N) is 3. The van der Waals surface area contributed by atoms with Gasteiger partial charge in [0.2, 0.25) is 0 Å². The van der Waals surface area contributed by atoms with Crippen LogP contribution in [0.3, 0.4) is 0 Å². The summed E-state index contributed by atoms with van der Waals surface area (Å²) in [6.45, 7) is 3.10. The van der Waals surface area contributed by atoms with Crippen LogP contribution in [0.1, 0.15) is 12.8 Å². The summed E-state index contributed by atoms with van der Waals surface area (Å²) in [5.74, 6) is 1.66. The van der Waals surface area contributed by atoms with Crippen molar-refractivity contribution >= 4 is 11.6 Å². The van der Waals surface area contributed by atoms with Crippen LogP contribution < -0.4 is 10.6 Å². The first-order chi connectivity index (χ1) is 8.78. The second-order valence-electron chi connectivity index (χ2n) is 4.68. The molecule has 0 bridgehead atoms. The standard InChI is InChI=1S/C12H21N5O/c1-17-5-3-10(8-17)16-12-7-11(14-9-15-12)13-4-2-6-18/h7,9-10,18H,2-6,8H2,1H3,(H2,13,14,15,16). The normalized spacial score (nSPS) is 20.0. The van der Waals surface area contributed by atoms with Gasteiger partial charge in [-0.2, -0.15) is 0 Å². The maximum absolute atomic E-state index is 8.72. The molecule has 1 aliphatic heterocycles. The zero-order valence-corrected chi connectivity index (χ0v) is 10.8. The van der Waals surface area contributed by atoms with Crippen LogP contribution in [-0.4, -0.2) is 59.3 Å². The first-order valence-electron chi connectivity index (χ1n) is 6.40. The molecule has 18 heavy (non-hydrogen) atoms. The van der Waals surface area contributed by atoms with Crippen molar-refractivity contribution in [1.29, 1.82) is 0 Å². The number of likely N-dealkylation sites (tertiary alicyclic amines) is 1. The fourth-order valence-electron chi connectivity index (χ4n) is 2.09. The molecule has 3 N–H and O–H groups in total. The highest BCUT2D eigenvalue weighted by molar-refractivity contribution is 5.47. The fourth-order valence-corrected chi connectivity index (χ4v) is 2.09. The summed E-state index contributed by atoms with van der Waals surface area (Å²) in [5, 5.41) is 15.3. The quantitative estimate of drug-likeness (QED) is 0.635. The second kappa shape index (κ2) is 6.51. The van der Waals surface area contributed by atoms with Gasteiger partial charge in [0.1, 0.15) is 18.0 Å². The van der Waals surface area contributed by atoms with Gasteiger partial charge in [-0.05, 0) is 26.4 Å². The molecule has 2 rings (SSSR count). The van der Waals surface area contributed by atoms with Crippen LogP contribution in [0.4, 0.5) is 11.6 Å². The van der Waals surface area contributed by atoms with Crippen LogP contribution in [0.2, 0.25) is 0 Å². The molecule has 1 unspecified atom stereocenters. The van der Waals surface area contributed by atoms with Crippen molar-refractivity contribution in [2.45, 2.75) is 18.9 Å². The van der Waals surface area contributed by atoms with Gasteiger partial charge in [0, 0.05) is 31.8 Å². The predicted octanol–water partition coefficient (Wildman–Crippen LogP) is 0.387. The smallest absolute Gasteiger partial charge is 0.131 e. The Balaban J connectivity index is 1.86. The van der Waals surface area contributed by atoms with Gasteiger partial charge >= 0.3 is 0 Å². The Morgan fingerprint density at radius 3 is 3.00 bits per heavy atom. The Morgan fingerprint density at radius 1 is 1.44 bits per heavy atom. The molecule has 0 spiro atoms. The molecule has 6 heteroatoms. The topological polar surface area (TPSA) is 73.3 Å². The summed E-state index contributed by atoms with van der Waals surface area (Å²) < 4.78 is 0. The minimum atomic E-state index is 0.192. The van der Waals surface area contributed by atoms with Crippen molar-refractivity contribution < 1.29 is 5.11 Å². The largest absolute Gasteiger partial charge is 0.396 e. The third-order valence-corrected chi connectivity index (χ3v) is 3.05. The summed E-state index contributed by atoms with van der Waals surface area (Å²) in [6.07, 6.45) is 3.43. The molecule has 1 aliphatic rings. The molecule has 0 aliphatic carbocycles. The lowest BCUT2D eigenvalue weighted by molar-refractivity contribution is 0.292. The van der Waals surface area contributed by atoms with Gasteiger partial charge in [-0.15, -0.1) is 0 Å². The van der Waals surface area contributed by atoms with E-state index in [2.05, 4.69) is 32.5 Å². The average molecular weight is 251 g/mol. The minimum Gasteiger partial charge on any atom is -0.396 e. The van der Waals surface area contributed by atoms with E-state index in [0.29, 0.717) is 6.04 Å².